The van der Waals surface area contributed by atoms with E-state index in [1.54, 1.807) is 14.2 Å². The van der Waals surface area contributed by atoms with Crippen LogP contribution in [0.2, 0.25) is 0 Å². The van der Waals surface area contributed by atoms with Crippen molar-refractivity contribution in [1.82, 2.24) is 25.0 Å². The summed E-state index contributed by atoms with van der Waals surface area (Å²) < 4.78 is 13.2. The molecule has 8 heteroatoms. The highest BCUT2D eigenvalue weighted by atomic mass is 16.5. The van der Waals surface area contributed by atoms with Crippen molar-refractivity contribution >= 4 is 5.91 Å². The Morgan fingerprint density at radius 3 is 2.63 bits per heavy atom. The number of nitrogens with one attached hydrogen (secondary N) is 1. The molecule has 0 aliphatic carbocycles. The lowest BCUT2D eigenvalue weighted by atomic mass is 10.0. The molecule has 1 atom stereocenters. The molecule has 0 fully saturated rings. The molecule has 1 unspecified atom stereocenters. The lowest BCUT2D eigenvalue weighted by Crippen LogP contribution is -2.34. The number of benzene rings is 1. The van der Waals surface area contributed by atoms with Crippen LogP contribution in [0.15, 0.2) is 18.2 Å². The zero-order chi connectivity index (χ0) is 21.7. The van der Waals surface area contributed by atoms with E-state index in [1.165, 1.54) is 0 Å². The first-order chi connectivity index (χ1) is 14.5. The van der Waals surface area contributed by atoms with Gasteiger partial charge in [0.25, 0.3) is 0 Å². The van der Waals surface area contributed by atoms with E-state index in [4.69, 9.17) is 9.47 Å². The second kappa shape index (κ2) is 9.93. The fourth-order valence-corrected chi connectivity index (χ4v) is 3.90. The Morgan fingerprint density at radius 2 is 1.97 bits per heavy atom. The van der Waals surface area contributed by atoms with Gasteiger partial charge < -0.3 is 19.4 Å². The molecule has 2 aromatic rings. The summed E-state index contributed by atoms with van der Waals surface area (Å²) in [5, 5.41) is 12.0. The summed E-state index contributed by atoms with van der Waals surface area (Å²) in [5.74, 6) is 3.62. The van der Waals surface area contributed by atoms with Gasteiger partial charge in [0.05, 0.1) is 20.3 Å². The molecule has 2 heterocycles. The maximum Gasteiger partial charge on any atom is 0.220 e. The molecule has 3 rings (SSSR count). The van der Waals surface area contributed by atoms with E-state index in [-0.39, 0.29) is 17.9 Å². The third kappa shape index (κ3) is 4.75. The molecular formula is C22H33N5O3. The van der Waals surface area contributed by atoms with E-state index in [0.29, 0.717) is 6.42 Å². The highest BCUT2D eigenvalue weighted by Crippen LogP contribution is 2.32. The topological polar surface area (TPSA) is 81.5 Å². The summed E-state index contributed by atoms with van der Waals surface area (Å²) in [6.45, 7) is 9.36. The van der Waals surface area contributed by atoms with Crippen LogP contribution in [0.4, 0.5) is 0 Å². The van der Waals surface area contributed by atoms with Gasteiger partial charge in [-0.1, -0.05) is 32.9 Å². The maximum absolute atomic E-state index is 12.0. The zero-order valence-corrected chi connectivity index (χ0v) is 18.6. The molecule has 0 bridgehead atoms. The number of rotatable bonds is 8. The number of nitrogens with zero attached hydrogens (tertiary/aromatic N) is 4. The quantitative estimate of drug-likeness (QED) is 0.714. The van der Waals surface area contributed by atoms with Crippen LogP contribution in [0.25, 0.3) is 0 Å². The Hall–Kier alpha value is -2.61. The molecule has 30 heavy (non-hydrogen) atoms. The minimum absolute atomic E-state index is 0.0337. The summed E-state index contributed by atoms with van der Waals surface area (Å²) in [6.07, 6.45) is 1.27. The van der Waals surface area contributed by atoms with Crippen LogP contribution in [-0.2, 0) is 24.3 Å². The van der Waals surface area contributed by atoms with Gasteiger partial charge in [0.1, 0.15) is 5.82 Å². The summed E-state index contributed by atoms with van der Waals surface area (Å²) in [6, 6.07) is 5.84. The average molecular weight is 416 g/mol. The second-order valence-corrected chi connectivity index (χ2v) is 7.95. The van der Waals surface area contributed by atoms with Crippen molar-refractivity contribution in [1.29, 1.82) is 0 Å². The first-order valence-corrected chi connectivity index (χ1v) is 10.6. The van der Waals surface area contributed by atoms with Crippen molar-refractivity contribution in [3.8, 4) is 11.5 Å². The SMILES string of the molecule is CCC(=O)NC(c1nnc2n1CCN(Cc1cccc(OC)c1OC)CC2)C(C)C. The van der Waals surface area contributed by atoms with Gasteiger partial charge in [0.2, 0.25) is 5.91 Å². The number of carbonyl (C=O) groups is 1. The Labute approximate surface area is 178 Å². The van der Waals surface area contributed by atoms with Crippen LogP contribution in [-0.4, -0.2) is 52.9 Å². The van der Waals surface area contributed by atoms with E-state index >= 15 is 0 Å². The number of aromatic nitrogens is 3. The van der Waals surface area contributed by atoms with Gasteiger partial charge >= 0.3 is 0 Å². The van der Waals surface area contributed by atoms with Crippen molar-refractivity contribution in [2.75, 3.05) is 27.3 Å². The predicted octanol–water partition coefficient (Wildman–Crippen LogP) is 2.58. The normalized spacial score (nSPS) is 15.4. The third-order valence-corrected chi connectivity index (χ3v) is 5.61. The van der Waals surface area contributed by atoms with Gasteiger partial charge in [-0.2, -0.15) is 0 Å². The molecule has 1 aromatic heterocycles. The highest BCUT2D eigenvalue weighted by molar-refractivity contribution is 5.75. The number of hydrogen-bond acceptors (Lipinski definition) is 6. The minimum Gasteiger partial charge on any atom is -0.493 e. The molecule has 0 saturated carbocycles. The Morgan fingerprint density at radius 1 is 1.17 bits per heavy atom. The smallest absolute Gasteiger partial charge is 0.220 e. The predicted molar refractivity (Wildman–Crippen MR) is 115 cm³/mol. The molecule has 0 radical (unpaired) electrons. The zero-order valence-electron chi connectivity index (χ0n) is 18.6. The summed E-state index contributed by atoms with van der Waals surface area (Å²) >= 11 is 0. The fourth-order valence-electron chi connectivity index (χ4n) is 3.90. The Kier molecular flexibility index (Phi) is 7.31. The van der Waals surface area contributed by atoms with E-state index in [2.05, 4.69) is 44.9 Å². The molecule has 1 aliphatic heterocycles. The number of amides is 1. The van der Waals surface area contributed by atoms with E-state index in [0.717, 1.165) is 61.3 Å². The van der Waals surface area contributed by atoms with E-state index in [1.807, 2.05) is 19.1 Å². The Bertz CT molecular complexity index is 864. The molecule has 1 N–H and O–H groups in total. The van der Waals surface area contributed by atoms with Gasteiger partial charge in [0, 0.05) is 44.6 Å². The van der Waals surface area contributed by atoms with Gasteiger partial charge in [-0.15, -0.1) is 10.2 Å². The summed E-state index contributed by atoms with van der Waals surface area (Å²) in [5.41, 5.74) is 1.10. The van der Waals surface area contributed by atoms with Gasteiger partial charge in [-0.25, -0.2) is 0 Å². The lowest BCUT2D eigenvalue weighted by Gasteiger charge is -2.24. The van der Waals surface area contributed by atoms with Crippen LogP contribution in [0.5, 0.6) is 11.5 Å². The van der Waals surface area contributed by atoms with Crippen LogP contribution in [0.1, 0.15) is 50.4 Å². The molecule has 1 aliphatic rings. The number of ether oxygens (including phenoxy) is 2. The van der Waals surface area contributed by atoms with Crippen LogP contribution in [0.3, 0.4) is 0 Å². The van der Waals surface area contributed by atoms with Crippen molar-refractivity contribution in [3.05, 3.63) is 35.4 Å². The molecule has 0 spiro atoms. The van der Waals surface area contributed by atoms with Crippen molar-refractivity contribution in [2.24, 2.45) is 5.92 Å². The molecule has 8 nitrogen and oxygen atoms in total. The first kappa shape index (κ1) is 22.1. The molecular weight excluding hydrogens is 382 g/mol. The lowest BCUT2D eigenvalue weighted by molar-refractivity contribution is -0.121. The fraction of sp³-hybridized carbons (Fsp3) is 0.591. The van der Waals surface area contributed by atoms with Crippen LogP contribution in [0, 0.1) is 5.92 Å². The Balaban J connectivity index is 1.76. The standard InChI is InChI=1S/C22H33N5O3/c1-6-19(28)23-20(15(2)3)22-25-24-18-10-11-26(12-13-27(18)22)14-16-8-7-9-17(29-4)21(16)30-5/h7-9,15,20H,6,10-14H2,1-5H3,(H,23,28). The second-order valence-electron chi connectivity index (χ2n) is 7.95. The van der Waals surface area contributed by atoms with Gasteiger partial charge in [-0.05, 0) is 12.0 Å². The summed E-state index contributed by atoms with van der Waals surface area (Å²) in [7, 11) is 3.33. The van der Waals surface area contributed by atoms with Crippen LogP contribution < -0.4 is 14.8 Å². The minimum atomic E-state index is -0.135. The van der Waals surface area contributed by atoms with Crippen molar-refractivity contribution in [2.45, 2.75) is 52.7 Å². The summed E-state index contributed by atoms with van der Waals surface area (Å²) in [4.78, 5) is 14.4. The van der Waals surface area contributed by atoms with Gasteiger partial charge in [-0.3, -0.25) is 9.69 Å². The third-order valence-electron chi connectivity index (χ3n) is 5.61. The van der Waals surface area contributed by atoms with E-state index < -0.39 is 0 Å². The number of hydrogen-bond donors (Lipinski definition) is 1. The number of fused-ring (bicyclic) bond motifs is 1. The monoisotopic (exact) mass is 415 g/mol. The first-order valence-electron chi connectivity index (χ1n) is 10.6. The van der Waals surface area contributed by atoms with Gasteiger partial charge in [0.15, 0.2) is 17.3 Å². The van der Waals surface area contributed by atoms with Crippen molar-refractivity contribution < 1.29 is 14.3 Å². The molecule has 0 saturated heterocycles. The molecule has 1 amide bonds. The van der Waals surface area contributed by atoms with Crippen molar-refractivity contribution in [3.63, 3.8) is 0 Å². The molecule has 164 valence electrons. The van der Waals surface area contributed by atoms with Crippen LogP contribution >= 0.6 is 0 Å². The molecule has 1 aromatic carbocycles. The highest BCUT2D eigenvalue weighted by Gasteiger charge is 2.27. The average Bonchev–Trinajstić information content (AvgIpc) is 3.04. The largest absolute Gasteiger partial charge is 0.493 e. The number of para-hydroxylation sites is 1. The number of methoxy groups -OCH3 is 2. The maximum atomic E-state index is 12.0. The van der Waals surface area contributed by atoms with E-state index in [9.17, 15) is 4.79 Å². The number of carbonyl (C=O) groups excluding carboxylic acids is 1.